The van der Waals surface area contributed by atoms with Gasteiger partial charge in [-0.2, -0.15) is 0 Å². The molecule has 3 rings (SSSR count). The van der Waals surface area contributed by atoms with Gasteiger partial charge in [-0.15, -0.1) is 0 Å². The fourth-order valence-corrected chi connectivity index (χ4v) is 3.10. The molecule has 124 valence electrons. The average molecular weight is 364 g/mol. The maximum Gasteiger partial charge on any atom is 0.262 e. The summed E-state index contributed by atoms with van der Waals surface area (Å²) in [5, 5.41) is 10.4. The monoisotopic (exact) mass is 363 g/mol. The zero-order valence-corrected chi connectivity index (χ0v) is 14.3. The molecule has 0 aliphatic rings. The Morgan fingerprint density at radius 2 is 1.88 bits per heavy atom. The van der Waals surface area contributed by atoms with Crippen molar-refractivity contribution in [1.29, 1.82) is 0 Å². The van der Waals surface area contributed by atoms with Crippen LogP contribution in [0.25, 0.3) is 10.9 Å². The number of aromatic nitrogens is 3. The third kappa shape index (κ3) is 3.37. The number of fused-ring (bicyclic) bond motifs is 1. The van der Waals surface area contributed by atoms with Crippen LogP contribution in [0.2, 0.25) is 10.0 Å². The van der Waals surface area contributed by atoms with Crippen molar-refractivity contribution in [3.05, 3.63) is 62.9 Å². The Morgan fingerprint density at radius 1 is 1.12 bits per heavy atom. The molecule has 0 unspecified atom stereocenters. The second-order valence-electron chi connectivity index (χ2n) is 5.47. The first-order chi connectivity index (χ1) is 11.6. The molecule has 0 atom stereocenters. The first-order valence-corrected chi connectivity index (χ1v) is 8.28. The summed E-state index contributed by atoms with van der Waals surface area (Å²) in [7, 11) is 0. The number of phenolic OH excluding ortho intramolecular Hbond substituents is 1. The van der Waals surface area contributed by atoms with E-state index in [0.29, 0.717) is 6.54 Å². The van der Waals surface area contributed by atoms with Crippen molar-refractivity contribution in [2.75, 3.05) is 0 Å². The fraction of sp³-hybridized carbons (Fsp3) is 0.235. The van der Waals surface area contributed by atoms with Crippen molar-refractivity contribution in [2.45, 2.75) is 25.8 Å². The van der Waals surface area contributed by atoms with Gasteiger partial charge in [0, 0.05) is 18.9 Å². The number of aromatic hydroxyl groups is 1. The summed E-state index contributed by atoms with van der Waals surface area (Å²) in [6.45, 7) is 0.534. The number of aryl methyl sites for hydroxylation is 2. The number of pyridine rings is 1. The number of nitrogens with zero attached hydrogens (tertiary/aromatic N) is 3. The van der Waals surface area contributed by atoms with Gasteiger partial charge in [-0.1, -0.05) is 23.2 Å². The van der Waals surface area contributed by atoms with Crippen molar-refractivity contribution in [3.8, 4) is 5.75 Å². The van der Waals surface area contributed by atoms with Crippen molar-refractivity contribution in [2.24, 2.45) is 0 Å². The summed E-state index contributed by atoms with van der Waals surface area (Å²) in [4.78, 5) is 20.7. The molecule has 2 heterocycles. The lowest BCUT2D eigenvalue weighted by Crippen LogP contribution is -2.21. The van der Waals surface area contributed by atoms with Crippen molar-refractivity contribution < 1.29 is 5.11 Å². The number of rotatable bonds is 5. The Bertz CT molecular complexity index is 927. The molecular weight excluding hydrogens is 349 g/mol. The Hall–Kier alpha value is -2.11. The lowest BCUT2D eigenvalue weighted by atomic mass is 10.1. The molecule has 0 saturated heterocycles. The van der Waals surface area contributed by atoms with Gasteiger partial charge in [0.25, 0.3) is 5.56 Å². The minimum Gasteiger partial charge on any atom is -0.504 e. The summed E-state index contributed by atoms with van der Waals surface area (Å²) in [5.41, 5.74) is 1.07. The molecule has 24 heavy (non-hydrogen) atoms. The molecule has 7 heteroatoms. The zero-order valence-electron chi connectivity index (χ0n) is 12.7. The highest BCUT2D eigenvalue weighted by Gasteiger charge is 2.14. The number of benzene rings is 1. The lowest BCUT2D eigenvalue weighted by Gasteiger charge is -2.09. The molecule has 0 spiro atoms. The number of halogens is 2. The fourth-order valence-electron chi connectivity index (χ4n) is 2.57. The minimum atomic E-state index is -0.277. The van der Waals surface area contributed by atoms with Crippen LogP contribution < -0.4 is 5.56 Å². The highest BCUT2D eigenvalue weighted by Crippen LogP contribution is 2.34. The van der Waals surface area contributed by atoms with E-state index in [1.54, 1.807) is 12.4 Å². The van der Waals surface area contributed by atoms with Crippen LogP contribution in [0.4, 0.5) is 0 Å². The predicted molar refractivity (Wildman–Crippen MR) is 94.9 cm³/mol. The van der Waals surface area contributed by atoms with Gasteiger partial charge in [0.2, 0.25) is 0 Å². The van der Waals surface area contributed by atoms with E-state index in [2.05, 4.69) is 9.97 Å². The topological polar surface area (TPSA) is 68.0 Å². The molecule has 5 nitrogen and oxygen atoms in total. The SMILES string of the molecule is O=c1c2c(Cl)cc(Cl)c(O)c2ncn1CCCCc1ccncc1. The third-order valence-electron chi connectivity index (χ3n) is 3.84. The second kappa shape index (κ2) is 7.20. The van der Waals surface area contributed by atoms with Gasteiger partial charge >= 0.3 is 0 Å². The van der Waals surface area contributed by atoms with Crippen LogP contribution in [0.15, 0.2) is 41.7 Å². The Balaban J connectivity index is 1.76. The van der Waals surface area contributed by atoms with Crippen LogP contribution in [-0.4, -0.2) is 19.6 Å². The van der Waals surface area contributed by atoms with Crippen molar-refractivity contribution in [1.82, 2.24) is 14.5 Å². The Labute approximate surface area is 148 Å². The van der Waals surface area contributed by atoms with Gasteiger partial charge in [0.15, 0.2) is 5.75 Å². The third-order valence-corrected chi connectivity index (χ3v) is 4.43. The van der Waals surface area contributed by atoms with Crippen LogP contribution >= 0.6 is 23.2 Å². The van der Waals surface area contributed by atoms with Gasteiger partial charge in [0.1, 0.15) is 5.52 Å². The van der Waals surface area contributed by atoms with Gasteiger partial charge in [-0.05, 0) is 43.0 Å². The van der Waals surface area contributed by atoms with E-state index in [1.165, 1.54) is 22.5 Å². The van der Waals surface area contributed by atoms with Crippen LogP contribution in [0.1, 0.15) is 18.4 Å². The number of hydrogen-bond donors (Lipinski definition) is 1. The van der Waals surface area contributed by atoms with E-state index in [9.17, 15) is 9.90 Å². The Kier molecular flexibility index (Phi) is 5.02. The summed E-state index contributed by atoms with van der Waals surface area (Å²) >= 11 is 12.0. The molecular formula is C17H15Cl2N3O2. The quantitative estimate of drug-likeness (QED) is 0.699. The molecule has 0 amide bonds. The van der Waals surface area contributed by atoms with Gasteiger partial charge < -0.3 is 5.11 Å². The van der Waals surface area contributed by atoms with E-state index in [0.717, 1.165) is 19.3 Å². The number of unbranched alkanes of at least 4 members (excludes halogenated alkanes) is 1. The van der Waals surface area contributed by atoms with Crippen LogP contribution in [-0.2, 0) is 13.0 Å². The molecule has 1 N–H and O–H groups in total. The largest absolute Gasteiger partial charge is 0.504 e. The van der Waals surface area contributed by atoms with E-state index in [-0.39, 0.29) is 32.3 Å². The van der Waals surface area contributed by atoms with E-state index < -0.39 is 0 Å². The summed E-state index contributed by atoms with van der Waals surface area (Å²) in [6.07, 6.45) is 7.65. The van der Waals surface area contributed by atoms with Gasteiger partial charge in [0.05, 0.1) is 21.8 Å². The van der Waals surface area contributed by atoms with Crippen LogP contribution in [0.5, 0.6) is 5.75 Å². The maximum absolute atomic E-state index is 12.6. The van der Waals surface area contributed by atoms with E-state index in [4.69, 9.17) is 23.2 Å². The molecule has 3 aromatic rings. The second-order valence-corrected chi connectivity index (χ2v) is 6.28. The molecule has 0 radical (unpaired) electrons. The maximum atomic E-state index is 12.6. The molecule has 0 aliphatic heterocycles. The number of hydrogen-bond acceptors (Lipinski definition) is 4. The summed E-state index contributed by atoms with van der Waals surface area (Å²) in [6, 6.07) is 5.32. The molecule has 2 aromatic heterocycles. The summed E-state index contributed by atoms with van der Waals surface area (Å²) < 4.78 is 1.51. The molecule has 0 bridgehead atoms. The van der Waals surface area contributed by atoms with Crippen LogP contribution in [0.3, 0.4) is 0 Å². The van der Waals surface area contributed by atoms with E-state index in [1.807, 2.05) is 12.1 Å². The molecule has 0 aliphatic carbocycles. The van der Waals surface area contributed by atoms with Gasteiger partial charge in [-0.3, -0.25) is 14.3 Å². The highest BCUT2D eigenvalue weighted by molar-refractivity contribution is 6.39. The zero-order chi connectivity index (χ0) is 17.1. The minimum absolute atomic E-state index is 0.0782. The van der Waals surface area contributed by atoms with E-state index >= 15 is 0 Å². The van der Waals surface area contributed by atoms with Gasteiger partial charge in [-0.25, -0.2) is 4.98 Å². The standard InChI is InChI=1S/C17H15Cl2N3O2/c18-12-9-13(19)16(23)15-14(12)17(24)22(10-21-15)8-2-1-3-11-4-6-20-7-5-11/h4-7,9-10,23H,1-3,8H2. The molecule has 0 saturated carbocycles. The predicted octanol–water partition coefficient (Wildman–Crippen LogP) is 3.83. The normalized spacial score (nSPS) is 11.1. The van der Waals surface area contributed by atoms with Crippen molar-refractivity contribution >= 4 is 34.1 Å². The first-order valence-electron chi connectivity index (χ1n) is 7.53. The highest BCUT2D eigenvalue weighted by atomic mass is 35.5. The average Bonchev–Trinajstić information content (AvgIpc) is 2.58. The summed E-state index contributed by atoms with van der Waals surface area (Å²) in [5.74, 6) is -0.224. The molecule has 0 fully saturated rings. The Morgan fingerprint density at radius 3 is 2.62 bits per heavy atom. The smallest absolute Gasteiger partial charge is 0.262 e. The lowest BCUT2D eigenvalue weighted by molar-refractivity contribution is 0.480. The van der Waals surface area contributed by atoms with Crippen LogP contribution in [0, 0.1) is 0 Å². The number of phenols is 1. The van der Waals surface area contributed by atoms with Crippen molar-refractivity contribution in [3.63, 3.8) is 0 Å². The first kappa shape index (κ1) is 16.7. The molecule has 1 aromatic carbocycles.